The Morgan fingerprint density at radius 2 is 2.36 bits per heavy atom. The maximum Gasteiger partial charge on any atom is 0.0845 e. The second-order valence-corrected chi connectivity index (χ2v) is 3.17. The molecule has 1 unspecified atom stereocenters. The van der Waals surface area contributed by atoms with Crippen LogP contribution in [0.5, 0.6) is 0 Å². The van der Waals surface area contributed by atoms with Gasteiger partial charge in [-0.2, -0.15) is 0 Å². The lowest BCUT2D eigenvalue weighted by atomic mass is 10.2. The van der Waals surface area contributed by atoms with Crippen LogP contribution in [0.4, 0.5) is 5.69 Å². The fourth-order valence-corrected chi connectivity index (χ4v) is 1.21. The van der Waals surface area contributed by atoms with E-state index in [9.17, 15) is 0 Å². The van der Waals surface area contributed by atoms with Crippen LogP contribution in [0.3, 0.4) is 0 Å². The van der Waals surface area contributed by atoms with Gasteiger partial charge in [-0.3, -0.25) is 0 Å². The summed E-state index contributed by atoms with van der Waals surface area (Å²) in [5.74, 6) is 2.62. The molecular weight excluding hydrogens is 174 g/mol. The van der Waals surface area contributed by atoms with Gasteiger partial charge in [-0.05, 0) is 24.6 Å². The van der Waals surface area contributed by atoms with Gasteiger partial charge in [0.05, 0.1) is 12.6 Å². The fraction of sp³-hybridized carbons (Fsp3) is 0.333. The second-order valence-electron chi connectivity index (χ2n) is 3.17. The van der Waals surface area contributed by atoms with Crippen LogP contribution < -0.4 is 5.32 Å². The summed E-state index contributed by atoms with van der Waals surface area (Å²) >= 11 is 0. The number of hydrogen-bond donors (Lipinski definition) is 1. The highest BCUT2D eigenvalue weighted by Gasteiger charge is 1.98. The molecule has 0 fully saturated rings. The molecule has 0 radical (unpaired) electrons. The van der Waals surface area contributed by atoms with E-state index in [2.05, 4.69) is 11.2 Å². The highest BCUT2D eigenvalue weighted by Crippen LogP contribution is 2.12. The van der Waals surface area contributed by atoms with Crippen LogP contribution in [0, 0.1) is 12.3 Å². The molecule has 1 N–H and O–H groups in total. The summed E-state index contributed by atoms with van der Waals surface area (Å²) in [4.78, 5) is 0. The van der Waals surface area contributed by atoms with E-state index in [-0.39, 0.29) is 6.04 Å². The minimum absolute atomic E-state index is 0.0489. The molecule has 0 aromatic heterocycles. The number of ether oxygens (including phenoxy) is 1. The van der Waals surface area contributed by atoms with Crippen molar-refractivity contribution in [1.29, 1.82) is 0 Å². The Balaban J connectivity index is 2.69. The van der Waals surface area contributed by atoms with Gasteiger partial charge in [0.2, 0.25) is 0 Å². The van der Waals surface area contributed by atoms with Gasteiger partial charge in [0.1, 0.15) is 0 Å². The van der Waals surface area contributed by atoms with Crippen LogP contribution in [0.15, 0.2) is 24.3 Å². The predicted molar refractivity (Wildman–Crippen MR) is 59.1 cm³/mol. The zero-order valence-corrected chi connectivity index (χ0v) is 8.58. The molecule has 0 aliphatic carbocycles. The van der Waals surface area contributed by atoms with Gasteiger partial charge in [0.15, 0.2) is 0 Å². The molecule has 74 valence electrons. The first-order valence-corrected chi connectivity index (χ1v) is 4.57. The van der Waals surface area contributed by atoms with E-state index in [1.807, 2.05) is 31.2 Å². The number of hydrogen-bond acceptors (Lipinski definition) is 2. The van der Waals surface area contributed by atoms with Gasteiger partial charge in [0, 0.05) is 12.8 Å². The summed E-state index contributed by atoms with van der Waals surface area (Å²) in [6.45, 7) is 2.57. The Morgan fingerprint density at radius 1 is 1.57 bits per heavy atom. The van der Waals surface area contributed by atoms with E-state index < -0.39 is 0 Å². The summed E-state index contributed by atoms with van der Waals surface area (Å²) in [5, 5.41) is 3.20. The molecule has 0 saturated carbocycles. The molecule has 14 heavy (non-hydrogen) atoms. The number of rotatable bonds is 4. The van der Waals surface area contributed by atoms with Gasteiger partial charge in [-0.1, -0.05) is 18.1 Å². The molecule has 1 aromatic carbocycles. The third-order valence-electron chi connectivity index (χ3n) is 1.87. The molecule has 1 aromatic rings. The van der Waals surface area contributed by atoms with Crippen molar-refractivity contribution < 1.29 is 4.74 Å². The zero-order chi connectivity index (χ0) is 10.4. The number of methoxy groups -OCH3 is 1. The smallest absolute Gasteiger partial charge is 0.0845 e. The summed E-state index contributed by atoms with van der Waals surface area (Å²) in [6.07, 6.45) is 5.28. The Morgan fingerprint density at radius 3 is 3.00 bits per heavy atom. The topological polar surface area (TPSA) is 21.3 Å². The molecular formula is C12H15NO. The van der Waals surface area contributed by atoms with Gasteiger partial charge >= 0.3 is 0 Å². The molecule has 0 bridgehead atoms. The zero-order valence-electron chi connectivity index (χ0n) is 8.58. The highest BCUT2D eigenvalue weighted by molar-refractivity contribution is 5.47. The molecule has 2 heteroatoms. The number of anilines is 1. The van der Waals surface area contributed by atoms with Crippen molar-refractivity contribution in [2.75, 3.05) is 12.4 Å². The molecule has 0 heterocycles. The number of nitrogens with one attached hydrogen (secondary N) is 1. The van der Waals surface area contributed by atoms with Crippen molar-refractivity contribution in [3.05, 3.63) is 29.8 Å². The van der Waals surface area contributed by atoms with E-state index in [1.54, 1.807) is 7.11 Å². The van der Waals surface area contributed by atoms with Gasteiger partial charge in [0.25, 0.3) is 0 Å². The normalized spacial score (nSPS) is 11.8. The second kappa shape index (κ2) is 5.31. The first-order valence-electron chi connectivity index (χ1n) is 4.57. The Labute approximate surface area is 85.3 Å². The minimum Gasteiger partial charge on any atom is -0.380 e. The molecule has 0 aliphatic rings. The van der Waals surface area contributed by atoms with E-state index in [4.69, 9.17) is 11.2 Å². The maximum atomic E-state index is 5.28. The minimum atomic E-state index is 0.0489. The van der Waals surface area contributed by atoms with Gasteiger partial charge < -0.3 is 10.1 Å². The predicted octanol–water partition coefficient (Wildman–Crippen LogP) is 2.27. The standard InChI is InChI=1S/C12H15NO/c1-4-10(2)13-12-7-5-6-11(8-12)9-14-3/h1,5-8,10,13H,9H2,2-3H3. The fourth-order valence-electron chi connectivity index (χ4n) is 1.21. The lowest BCUT2D eigenvalue weighted by Gasteiger charge is -2.10. The lowest BCUT2D eigenvalue weighted by molar-refractivity contribution is 0.185. The van der Waals surface area contributed by atoms with Crippen molar-refractivity contribution in [2.24, 2.45) is 0 Å². The SMILES string of the molecule is C#CC(C)Nc1cccc(COC)c1. The van der Waals surface area contributed by atoms with Crippen LogP contribution in [0.2, 0.25) is 0 Å². The quantitative estimate of drug-likeness (QED) is 0.734. The molecule has 0 amide bonds. The molecule has 0 saturated heterocycles. The van der Waals surface area contributed by atoms with Crippen molar-refractivity contribution >= 4 is 5.69 Å². The van der Waals surface area contributed by atoms with Crippen LogP contribution >= 0.6 is 0 Å². The molecule has 0 aliphatic heterocycles. The first-order chi connectivity index (χ1) is 6.76. The summed E-state index contributed by atoms with van der Waals surface area (Å²) in [6, 6.07) is 8.09. The number of terminal acetylenes is 1. The third kappa shape index (κ3) is 3.12. The van der Waals surface area contributed by atoms with Crippen LogP contribution in [-0.4, -0.2) is 13.2 Å². The van der Waals surface area contributed by atoms with Crippen molar-refractivity contribution in [1.82, 2.24) is 0 Å². The Kier molecular flexibility index (Phi) is 4.03. The van der Waals surface area contributed by atoms with E-state index >= 15 is 0 Å². The largest absolute Gasteiger partial charge is 0.380 e. The van der Waals surface area contributed by atoms with E-state index in [0.29, 0.717) is 6.61 Å². The lowest BCUT2D eigenvalue weighted by Crippen LogP contribution is -2.11. The van der Waals surface area contributed by atoms with E-state index in [1.165, 1.54) is 0 Å². The number of benzene rings is 1. The van der Waals surface area contributed by atoms with Gasteiger partial charge in [-0.25, -0.2) is 0 Å². The van der Waals surface area contributed by atoms with E-state index in [0.717, 1.165) is 11.3 Å². The van der Waals surface area contributed by atoms with Crippen LogP contribution in [-0.2, 0) is 11.3 Å². The van der Waals surface area contributed by atoms with Crippen LogP contribution in [0.1, 0.15) is 12.5 Å². The summed E-state index contributed by atoms with van der Waals surface area (Å²) in [5.41, 5.74) is 2.17. The molecule has 0 spiro atoms. The summed E-state index contributed by atoms with van der Waals surface area (Å²) < 4.78 is 5.05. The van der Waals surface area contributed by atoms with Gasteiger partial charge in [-0.15, -0.1) is 6.42 Å². The summed E-state index contributed by atoms with van der Waals surface area (Å²) in [7, 11) is 1.68. The average molecular weight is 189 g/mol. The van der Waals surface area contributed by atoms with Crippen LogP contribution in [0.25, 0.3) is 0 Å². The van der Waals surface area contributed by atoms with Crippen molar-refractivity contribution in [3.8, 4) is 12.3 Å². The third-order valence-corrected chi connectivity index (χ3v) is 1.87. The average Bonchev–Trinajstić information content (AvgIpc) is 2.19. The molecule has 1 atom stereocenters. The Hall–Kier alpha value is -1.46. The molecule has 1 rings (SSSR count). The monoisotopic (exact) mass is 189 g/mol. The maximum absolute atomic E-state index is 5.28. The molecule has 2 nitrogen and oxygen atoms in total. The van der Waals surface area contributed by atoms with Crippen molar-refractivity contribution in [3.63, 3.8) is 0 Å². The Bertz CT molecular complexity index is 327. The highest BCUT2D eigenvalue weighted by atomic mass is 16.5. The van der Waals surface area contributed by atoms with Crippen molar-refractivity contribution in [2.45, 2.75) is 19.6 Å². The first kappa shape index (κ1) is 10.6.